The maximum atomic E-state index is 12.3. The summed E-state index contributed by atoms with van der Waals surface area (Å²) in [7, 11) is 0. The second-order valence-corrected chi connectivity index (χ2v) is 6.93. The molecule has 2 aromatic heterocycles. The lowest BCUT2D eigenvalue weighted by Crippen LogP contribution is -2.26. The van der Waals surface area contributed by atoms with Crippen LogP contribution in [0.5, 0.6) is 0 Å². The van der Waals surface area contributed by atoms with Crippen molar-refractivity contribution in [3.8, 4) is 0 Å². The van der Waals surface area contributed by atoms with Gasteiger partial charge in [0.1, 0.15) is 5.76 Å². The molecule has 4 rings (SSSR count). The summed E-state index contributed by atoms with van der Waals surface area (Å²) >= 11 is 0. The topological polar surface area (TPSA) is 76.3 Å². The summed E-state index contributed by atoms with van der Waals surface area (Å²) in [6.45, 7) is 3.26. The van der Waals surface area contributed by atoms with E-state index >= 15 is 0 Å². The minimum atomic E-state index is -0.270. The quantitative estimate of drug-likeness (QED) is 0.446. The summed E-state index contributed by atoms with van der Waals surface area (Å²) in [6.07, 6.45) is 4.69. The Morgan fingerprint density at radius 2 is 1.87 bits per heavy atom. The zero-order valence-electron chi connectivity index (χ0n) is 16.7. The molecule has 2 N–H and O–H groups in total. The van der Waals surface area contributed by atoms with Gasteiger partial charge in [-0.3, -0.25) is 9.59 Å². The fraction of sp³-hybridized carbons (Fsp3) is 0.167. The summed E-state index contributed by atoms with van der Waals surface area (Å²) in [5.41, 5.74) is 3.08. The van der Waals surface area contributed by atoms with E-state index in [0.717, 1.165) is 23.1 Å². The second kappa shape index (κ2) is 8.69. The second-order valence-electron chi connectivity index (χ2n) is 6.93. The Bertz CT molecular complexity index is 1220. The highest BCUT2D eigenvalue weighted by Crippen LogP contribution is 2.30. The lowest BCUT2D eigenvalue weighted by Gasteiger charge is -2.07. The van der Waals surface area contributed by atoms with E-state index in [1.165, 1.54) is 17.0 Å². The molecule has 0 saturated heterocycles. The molecule has 2 amide bonds. The number of aryl methyl sites for hydroxylation is 1. The highest BCUT2D eigenvalue weighted by atomic mass is 16.3. The van der Waals surface area contributed by atoms with Crippen LogP contribution in [0.4, 0.5) is 5.69 Å². The Labute approximate surface area is 174 Å². The summed E-state index contributed by atoms with van der Waals surface area (Å²) in [5, 5.41) is 7.90. The smallest absolute Gasteiger partial charge is 0.244 e. The van der Waals surface area contributed by atoms with E-state index in [1.54, 1.807) is 24.5 Å². The number of nitrogens with one attached hydrogen (secondary N) is 2. The molecule has 152 valence electrons. The number of hydrogen-bond donors (Lipinski definition) is 2. The normalized spacial score (nSPS) is 11.4. The summed E-state index contributed by atoms with van der Waals surface area (Å²) in [6, 6.07) is 17.7. The van der Waals surface area contributed by atoms with Crippen LogP contribution in [0.25, 0.3) is 27.9 Å². The van der Waals surface area contributed by atoms with Gasteiger partial charge in [0, 0.05) is 53.1 Å². The number of carbonyl (C=O) groups is 2. The first-order valence-corrected chi connectivity index (χ1v) is 9.96. The highest BCUT2D eigenvalue weighted by Gasteiger charge is 2.11. The molecule has 2 aromatic carbocycles. The van der Waals surface area contributed by atoms with Crippen LogP contribution in [-0.2, 0) is 16.1 Å². The monoisotopic (exact) mass is 401 g/mol. The van der Waals surface area contributed by atoms with Crippen molar-refractivity contribution in [3.05, 3.63) is 72.7 Å². The fourth-order valence-corrected chi connectivity index (χ4v) is 3.60. The Hall–Kier alpha value is -3.80. The molecule has 0 radical (unpaired) electrons. The standard InChI is InChI=1S/C24H23N3O3/c1-2-27-21-8-4-3-7-19(21)20-16-17(9-11-22(20)27)26-24(29)13-14-25-23(28)12-10-18-6-5-15-30-18/h3-12,15-16H,2,13-14H2,1H3,(H,25,28)(H,26,29)/b12-10+. The van der Waals surface area contributed by atoms with E-state index in [-0.39, 0.29) is 24.8 Å². The van der Waals surface area contributed by atoms with Gasteiger partial charge < -0.3 is 19.6 Å². The molecular formula is C24H23N3O3. The minimum Gasteiger partial charge on any atom is -0.465 e. The molecule has 0 spiro atoms. The Morgan fingerprint density at radius 1 is 1.03 bits per heavy atom. The molecule has 0 saturated carbocycles. The van der Waals surface area contributed by atoms with Gasteiger partial charge >= 0.3 is 0 Å². The number of para-hydroxylation sites is 1. The van der Waals surface area contributed by atoms with Crippen molar-refractivity contribution >= 4 is 45.4 Å². The molecule has 0 unspecified atom stereocenters. The Balaban J connectivity index is 1.37. The largest absolute Gasteiger partial charge is 0.465 e. The molecule has 0 aliphatic heterocycles. The first-order chi connectivity index (χ1) is 14.7. The van der Waals surface area contributed by atoms with E-state index in [2.05, 4.69) is 34.3 Å². The third-order valence-electron chi connectivity index (χ3n) is 4.97. The van der Waals surface area contributed by atoms with Gasteiger partial charge in [-0.25, -0.2) is 0 Å². The number of furan rings is 1. The number of benzene rings is 2. The van der Waals surface area contributed by atoms with Crippen LogP contribution in [0.3, 0.4) is 0 Å². The van der Waals surface area contributed by atoms with E-state index in [4.69, 9.17) is 4.42 Å². The van der Waals surface area contributed by atoms with Gasteiger partial charge in [-0.05, 0) is 49.4 Å². The van der Waals surface area contributed by atoms with E-state index in [1.807, 2.05) is 30.3 Å². The molecule has 0 fully saturated rings. The maximum absolute atomic E-state index is 12.3. The molecular weight excluding hydrogens is 378 g/mol. The molecule has 0 atom stereocenters. The highest BCUT2D eigenvalue weighted by molar-refractivity contribution is 6.09. The van der Waals surface area contributed by atoms with Crippen LogP contribution in [0.15, 0.2) is 71.4 Å². The average Bonchev–Trinajstić information content (AvgIpc) is 3.38. The van der Waals surface area contributed by atoms with Gasteiger partial charge in [-0.1, -0.05) is 18.2 Å². The molecule has 6 heteroatoms. The van der Waals surface area contributed by atoms with Gasteiger partial charge in [0.25, 0.3) is 0 Å². The summed E-state index contributed by atoms with van der Waals surface area (Å²) < 4.78 is 7.39. The van der Waals surface area contributed by atoms with Crippen molar-refractivity contribution in [2.45, 2.75) is 19.9 Å². The van der Waals surface area contributed by atoms with Crippen LogP contribution < -0.4 is 10.6 Å². The lowest BCUT2D eigenvalue weighted by atomic mass is 10.1. The van der Waals surface area contributed by atoms with Gasteiger partial charge in [0.15, 0.2) is 0 Å². The summed E-state index contributed by atoms with van der Waals surface area (Å²) in [4.78, 5) is 24.1. The first-order valence-electron chi connectivity index (χ1n) is 9.96. The van der Waals surface area contributed by atoms with Crippen molar-refractivity contribution in [2.75, 3.05) is 11.9 Å². The predicted octanol–water partition coefficient (Wildman–Crippen LogP) is 4.57. The van der Waals surface area contributed by atoms with Crippen molar-refractivity contribution in [1.29, 1.82) is 0 Å². The number of carbonyl (C=O) groups excluding carboxylic acids is 2. The molecule has 2 heterocycles. The maximum Gasteiger partial charge on any atom is 0.244 e. The number of anilines is 1. The molecule has 6 nitrogen and oxygen atoms in total. The van der Waals surface area contributed by atoms with E-state index < -0.39 is 0 Å². The van der Waals surface area contributed by atoms with Crippen LogP contribution >= 0.6 is 0 Å². The first kappa shape index (κ1) is 19.5. The van der Waals surface area contributed by atoms with E-state index in [9.17, 15) is 9.59 Å². The number of fused-ring (bicyclic) bond motifs is 3. The van der Waals surface area contributed by atoms with Crippen LogP contribution in [0.2, 0.25) is 0 Å². The molecule has 0 bridgehead atoms. The SMILES string of the molecule is CCn1c2ccccc2c2cc(NC(=O)CCNC(=O)/C=C/c3ccco3)ccc21. The van der Waals surface area contributed by atoms with Crippen molar-refractivity contribution < 1.29 is 14.0 Å². The van der Waals surface area contributed by atoms with Gasteiger partial charge in [0.05, 0.1) is 6.26 Å². The fourth-order valence-electron chi connectivity index (χ4n) is 3.60. The Morgan fingerprint density at radius 3 is 2.67 bits per heavy atom. The van der Waals surface area contributed by atoms with Crippen molar-refractivity contribution in [2.24, 2.45) is 0 Å². The van der Waals surface area contributed by atoms with Crippen molar-refractivity contribution in [3.63, 3.8) is 0 Å². The summed E-state index contributed by atoms with van der Waals surface area (Å²) in [5.74, 6) is 0.180. The Kier molecular flexibility index (Phi) is 5.66. The zero-order valence-corrected chi connectivity index (χ0v) is 16.7. The van der Waals surface area contributed by atoms with E-state index in [0.29, 0.717) is 5.76 Å². The predicted molar refractivity (Wildman–Crippen MR) is 119 cm³/mol. The molecule has 30 heavy (non-hydrogen) atoms. The van der Waals surface area contributed by atoms with Gasteiger partial charge in [-0.15, -0.1) is 0 Å². The lowest BCUT2D eigenvalue weighted by molar-refractivity contribution is -0.117. The van der Waals surface area contributed by atoms with Gasteiger partial charge in [0.2, 0.25) is 11.8 Å². The average molecular weight is 401 g/mol. The van der Waals surface area contributed by atoms with Crippen molar-refractivity contribution in [1.82, 2.24) is 9.88 Å². The van der Waals surface area contributed by atoms with Crippen LogP contribution in [0.1, 0.15) is 19.1 Å². The molecule has 0 aliphatic rings. The number of amides is 2. The van der Waals surface area contributed by atoms with Crippen LogP contribution in [0, 0.1) is 0 Å². The number of hydrogen-bond acceptors (Lipinski definition) is 3. The minimum absolute atomic E-state index is 0.149. The number of nitrogens with zero attached hydrogens (tertiary/aromatic N) is 1. The third kappa shape index (κ3) is 4.12. The van der Waals surface area contributed by atoms with Gasteiger partial charge in [-0.2, -0.15) is 0 Å². The zero-order chi connectivity index (χ0) is 20.9. The third-order valence-corrected chi connectivity index (χ3v) is 4.97. The van der Waals surface area contributed by atoms with Crippen LogP contribution in [-0.4, -0.2) is 22.9 Å². The molecule has 4 aromatic rings. The number of rotatable bonds is 7. The number of aromatic nitrogens is 1. The molecule has 0 aliphatic carbocycles.